The maximum atomic E-state index is 12.5. The van der Waals surface area contributed by atoms with Crippen molar-refractivity contribution in [3.63, 3.8) is 0 Å². The molecule has 0 spiro atoms. The van der Waals surface area contributed by atoms with Crippen LogP contribution in [-0.4, -0.2) is 21.4 Å². The molecule has 1 amide bonds. The van der Waals surface area contributed by atoms with Crippen LogP contribution in [0.1, 0.15) is 34.8 Å². The van der Waals surface area contributed by atoms with E-state index in [0.717, 1.165) is 32.4 Å². The first kappa shape index (κ1) is 18.1. The Balaban J connectivity index is 1.84. The smallest absolute Gasteiger partial charge is 0.272 e. The van der Waals surface area contributed by atoms with Crippen molar-refractivity contribution in [1.29, 1.82) is 0 Å². The van der Waals surface area contributed by atoms with Gasteiger partial charge in [0.1, 0.15) is 4.88 Å². The summed E-state index contributed by atoms with van der Waals surface area (Å²) in [5, 5.41) is 9.91. The zero-order valence-electron chi connectivity index (χ0n) is 13.9. The highest BCUT2D eigenvalue weighted by Gasteiger charge is 2.17. The highest BCUT2D eigenvalue weighted by atomic mass is 79.9. The molecule has 3 rings (SSSR count). The highest BCUT2D eigenvalue weighted by Crippen LogP contribution is 2.36. The Morgan fingerprint density at radius 3 is 2.92 bits per heavy atom. The number of carbonyl (C=O) groups excluding carboxylic acids is 1. The molecule has 5 nitrogen and oxygen atoms in total. The second-order valence-corrected chi connectivity index (χ2v) is 7.85. The Hall–Kier alpha value is -1.70. The summed E-state index contributed by atoms with van der Waals surface area (Å²) in [7, 11) is 0. The van der Waals surface area contributed by atoms with Crippen molar-refractivity contribution >= 4 is 60.6 Å². The van der Waals surface area contributed by atoms with Crippen LogP contribution in [0.15, 0.2) is 34.0 Å². The van der Waals surface area contributed by atoms with Gasteiger partial charge in [-0.1, -0.05) is 33.6 Å². The minimum atomic E-state index is -0.317. The van der Waals surface area contributed by atoms with E-state index in [-0.39, 0.29) is 5.91 Å². The van der Waals surface area contributed by atoms with Gasteiger partial charge in [0.15, 0.2) is 0 Å². The van der Waals surface area contributed by atoms with Crippen molar-refractivity contribution in [1.82, 2.24) is 15.2 Å². The van der Waals surface area contributed by atoms with Crippen LogP contribution >= 0.6 is 38.9 Å². The monoisotopic (exact) mass is 438 g/mol. The lowest BCUT2D eigenvalue weighted by atomic mass is 10.2. The number of aromatic nitrogens is 2. The first-order chi connectivity index (χ1) is 11.9. The quantitative estimate of drug-likeness (QED) is 0.459. The number of nitrogens with one attached hydrogen (secondary N) is 1. The number of amides is 1. The minimum absolute atomic E-state index is 0.317. The number of halogens is 2. The Bertz CT molecular complexity index is 992. The van der Waals surface area contributed by atoms with Gasteiger partial charge in [-0.15, -0.1) is 11.3 Å². The average Bonchev–Trinajstić information content (AvgIpc) is 3.12. The van der Waals surface area contributed by atoms with Crippen LogP contribution in [0.3, 0.4) is 0 Å². The summed E-state index contributed by atoms with van der Waals surface area (Å²) < 4.78 is 3.74. The number of rotatable bonds is 4. The zero-order valence-corrected chi connectivity index (χ0v) is 17.1. The molecule has 1 aromatic carbocycles. The van der Waals surface area contributed by atoms with E-state index in [1.165, 1.54) is 11.3 Å². The van der Waals surface area contributed by atoms with Gasteiger partial charge < -0.3 is 0 Å². The van der Waals surface area contributed by atoms with Gasteiger partial charge in [-0.3, -0.25) is 9.48 Å². The van der Waals surface area contributed by atoms with Gasteiger partial charge in [-0.05, 0) is 32.9 Å². The van der Waals surface area contributed by atoms with Crippen molar-refractivity contribution in [3.8, 4) is 0 Å². The van der Waals surface area contributed by atoms with Crippen LogP contribution in [-0.2, 0) is 6.54 Å². The molecule has 2 heterocycles. The van der Waals surface area contributed by atoms with Crippen LogP contribution in [0.25, 0.3) is 10.1 Å². The number of hydrogen-bond acceptors (Lipinski definition) is 4. The van der Waals surface area contributed by atoms with Crippen molar-refractivity contribution in [2.24, 2.45) is 5.10 Å². The van der Waals surface area contributed by atoms with Crippen LogP contribution in [0.2, 0.25) is 5.02 Å². The van der Waals surface area contributed by atoms with Crippen LogP contribution in [0.5, 0.6) is 0 Å². The minimum Gasteiger partial charge on any atom is -0.272 e. The highest BCUT2D eigenvalue weighted by molar-refractivity contribution is 9.10. The largest absolute Gasteiger partial charge is 0.283 e. The predicted molar refractivity (Wildman–Crippen MR) is 107 cm³/mol. The summed E-state index contributed by atoms with van der Waals surface area (Å²) in [5.41, 5.74) is 5.08. The molecule has 0 unspecified atom stereocenters. The summed E-state index contributed by atoms with van der Waals surface area (Å²) in [6.07, 6.45) is 1.92. The van der Waals surface area contributed by atoms with Gasteiger partial charge in [0, 0.05) is 32.9 Å². The van der Waals surface area contributed by atoms with E-state index in [2.05, 4.69) is 31.6 Å². The average molecular weight is 440 g/mol. The summed E-state index contributed by atoms with van der Waals surface area (Å²) in [6.45, 7) is 6.57. The summed E-state index contributed by atoms with van der Waals surface area (Å²) in [6, 6.07) is 5.74. The molecule has 0 saturated carbocycles. The number of aryl methyl sites for hydroxylation is 2. The molecule has 2 aromatic heterocycles. The van der Waals surface area contributed by atoms with Crippen molar-refractivity contribution < 1.29 is 4.79 Å². The SMILES string of the molecule is CCn1cc(C(C)=NNC(=O)c2sc3cc(Br)ccc3c2Cl)c(C)n1. The van der Waals surface area contributed by atoms with Gasteiger partial charge in [-0.2, -0.15) is 10.2 Å². The van der Waals surface area contributed by atoms with Gasteiger partial charge in [-0.25, -0.2) is 5.43 Å². The van der Waals surface area contributed by atoms with Gasteiger partial charge in [0.05, 0.1) is 16.4 Å². The molecule has 8 heteroatoms. The molecule has 0 bridgehead atoms. The first-order valence-electron chi connectivity index (χ1n) is 7.67. The standard InChI is InChI=1S/C17H16BrClN4OS/c1-4-23-8-13(10(3)22-23)9(2)20-21-17(24)16-15(19)12-6-5-11(18)7-14(12)25-16/h5-8H,4H2,1-3H3,(H,21,24). The maximum Gasteiger partial charge on any atom is 0.283 e. The van der Waals surface area contributed by atoms with E-state index >= 15 is 0 Å². The third-order valence-corrected chi connectivity index (χ3v) is 5.93. The number of hydrazone groups is 1. The molecular formula is C17H16BrClN4OS. The van der Waals surface area contributed by atoms with Crippen molar-refractivity contribution in [2.75, 3.05) is 0 Å². The third kappa shape index (κ3) is 3.63. The predicted octanol–water partition coefficient (Wildman–Crippen LogP) is 5.00. The lowest BCUT2D eigenvalue weighted by Crippen LogP contribution is -2.18. The van der Waals surface area contributed by atoms with E-state index in [0.29, 0.717) is 15.6 Å². The van der Waals surface area contributed by atoms with Crippen LogP contribution in [0, 0.1) is 6.92 Å². The molecule has 0 fully saturated rings. The summed E-state index contributed by atoms with van der Waals surface area (Å²) in [5.74, 6) is -0.317. The number of carbonyl (C=O) groups is 1. The third-order valence-electron chi connectivity index (χ3n) is 3.78. The number of fused-ring (bicyclic) bond motifs is 1. The molecule has 0 aliphatic carbocycles. The molecule has 130 valence electrons. The fraction of sp³-hybridized carbons (Fsp3) is 0.235. The van der Waals surface area contributed by atoms with Crippen molar-refractivity contribution in [2.45, 2.75) is 27.3 Å². The molecule has 0 aliphatic rings. The number of nitrogens with zero attached hydrogens (tertiary/aromatic N) is 3. The second kappa shape index (κ2) is 7.27. The summed E-state index contributed by atoms with van der Waals surface area (Å²) >= 11 is 11.1. The van der Waals surface area contributed by atoms with Gasteiger partial charge in [0.2, 0.25) is 0 Å². The Labute approximate surface area is 162 Å². The maximum absolute atomic E-state index is 12.5. The van der Waals surface area contributed by atoms with E-state index in [1.54, 1.807) is 0 Å². The van der Waals surface area contributed by atoms with E-state index in [9.17, 15) is 4.79 Å². The van der Waals surface area contributed by atoms with E-state index in [1.807, 2.05) is 49.8 Å². The molecule has 0 saturated heterocycles. The normalized spacial score (nSPS) is 12.0. The fourth-order valence-electron chi connectivity index (χ4n) is 2.47. The molecular weight excluding hydrogens is 424 g/mol. The van der Waals surface area contributed by atoms with Crippen molar-refractivity contribution in [3.05, 3.63) is 50.0 Å². The van der Waals surface area contributed by atoms with Crippen LogP contribution in [0.4, 0.5) is 0 Å². The molecule has 3 aromatic rings. The Morgan fingerprint density at radius 2 is 2.24 bits per heavy atom. The van der Waals surface area contributed by atoms with Gasteiger partial charge in [0.25, 0.3) is 5.91 Å². The summed E-state index contributed by atoms with van der Waals surface area (Å²) in [4.78, 5) is 12.9. The number of thiophene rings is 1. The fourth-order valence-corrected chi connectivity index (χ4v) is 4.42. The second-order valence-electron chi connectivity index (χ2n) is 5.51. The lowest BCUT2D eigenvalue weighted by Gasteiger charge is -2.01. The topological polar surface area (TPSA) is 59.3 Å². The van der Waals surface area contributed by atoms with E-state index < -0.39 is 0 Å². The number of benzene rings is 1. The van der Waals surface area contributed by atoms with E-state index in [4.69, 9.17) is 11.6 Å². The molecule has 0 aliphatic heterocycles. The molecule has 1 N–H and O–H groups in total. The van der Waals surface area contributed by atoms with Gasteiger partial charge >= 0.3 is 0 Å². The number of hydrogen-bond donors (Lipinski definition) is 1. The Kier molecular flexibility index (Phi) is 5.27. The Morgan fingerprint density at radius 1 is 1.48 bits per heavy atom. The molecule has 25 heavy (non-hydrogen) atoms. The lowest BCUT2D eigenvalue weighted by molar-refractivity contribution is 0.0959. The first-order valence-corrected chi connectivity index (χ1v) is 9.66. The molecule has 0 atom stereocenters. The molecule has 0 radical (unpaired) electrons. The van der Waals surface area contributed by atoms with Crippen LogP contribution < -0.4 is 5.43 Å². The zero-order chi connectivity index (χ0) is 18.1.